The predicted octanol–water partition coefficient (Wildman–Crippen LogP) is 3.34. The fourth-order valence-corrected chi connectivity index (χ4v) is 3.29. The van der Waals surface area contributed by atoms with Gasteiger partial charge in [-0.1, -0.05) is 13.0 Å². The van der Waals surface area contributed by atoms with E-state index in [0.717, 1.165) is 37.0 Å². The number of aromatic nitrogens is 1. The van der Waals surface area contributed by atoms with Crippen LogP contribution in [0.2, 0.25) is 0 Å². The molecule has 1 N–H and O–H groups in total. The van der Waals surface area contributed by atoms with Gasteiger partial charge in [0.1, 0.15) is 0 Å². The van der Waals surface area contributed by atoms with Gasteiger partial charge in [-0.3, -0.25) is 0 Å². The minimum Gasteiger partial charge on any atom is -0.343 e. The van der Waals surface area contributed by atoms with Crippen LogP contribution in [0.15, 0.2) is 22.9 Å². The third kappa shape index (κ3) is 3.54. The van der Waals surface area contributed by atoms with Gasteiger partial charge in [-0.15, -0.1) is 22.7 Å². The van der Waals surface area contributed by atoms with Gasteiger partial charge in [-0.05, 0) is 24.9 Å². The second kappa shape index (κ2) is 6.87. The van der Waals surface area contributed by atoms with Crippen molar-refractivity contribution in [3.05, 3.63) is 33.5 Å². The summed E-state index contributed by atoms with van der Waals surface area (Å²) in [6.07, 6.45) is 0. The molecule has 0 spiro atoms. The van der Waals surface area contributed by atoms with E-state index in [9.17, 15) is 0 Å². The highest BCUT2D eigenvalue weighted by Gasteiger charge is 2.10. The van der Waals surface area contributed by atoms with E-state index in [1.165, 1.54) is 4.88 Å². The second-order valence-electron chi connectivity index (χ2n) is 4.00. The van der Waals surface area contributed by atoms with E-state index in [2.05, 4.69) is 51.9 Å². The lowest BCUT2D eigenvalue weighted by Crippen LogP contribution is -2.21. The Balaban J connectivity index is 2.00. The lowest BCUT2D eigenvalue weighted by atomic mass is 10.4. The molecule has 0 fully saturated rings. The first-order valence-corrected chi connectivity index (χ1v) is 8.01. The quantitative estimate of drug-likeness (QED) is 0.843. The molecule has 0 bridgehead atoms. The standard InChI is InChI=1S/C13H19N3S2/c1-3-14-8-11-10-18-13(15-11)16(4-2)9-12-6-5-7-17-12/h5-7,10,14H,3-4,8-9H2,1-2H3. The normalized spacial score (nSPS) is 10.8. The Morgan fingerprint density at radius 1 is 1.33 bits per heavy atom. The number of nitrogens with one attached hydrogen (secondary N) is 1. The number of thiazole rings is 1. The highest BCUT2D eigenvalue weighted by atomic mass is 32.1. The van der Waals surface area contributed by atoms with E-state index in [1.807, 2.05) is 0 Å². The molecule has 2 aromatic heterocycles. The van der Waals surface area contributed by atoms with Gasteiger partial charge >= 0.3 is 0 Å². The summed E-state index contributed by atoms with van der Waals surface area (Å²) in [6, 6.07) is 4.28. The Morgan fingerprint density at radius 3 is 2.89 bits per heavy atom. The van der Waals surface area contributed by atoms with Gasteiger partial charge in [-0.2, -0.15) is 0 Å². The molecule has 5 heteroatoms. The van der Waals surface area contributed by atoms with Gasteiger partial charge in [0.05, 0.1) is 12.2 Å². The smallest absolute Gasteiger partial charge is 0.185 e. The van der Waals surface area contributed by atoms with E-state index in [4.69, 9.17) is 0 Å². The molecule has 3 nitrogen and oxygen atoms in total. The first-order chi connectivity index (χ1) is 8.83. The van der Waals surface area contributed by atoms with Gasteiger partial charge in [-0.25, -0.2) is 4.98 Å². The number of hydrogen-bond donors (Lipinski definition) is 1. The van der Waals surface area contributed by atoms with Crippen LogP contribution in [-0.2, 0) is 13.1 Å². The molecule has 0 radical (unpaired) electrons. The van der Waals surface area contributed by atoms with Gasteiger partial charge in [0.25, 0.3) is 0 Å². The van der Waals surface area contributed by atoms with Crippen molar-refractivity contribution in [1.29, 1.82) is 0 Å². The molecule has 98 valence electrons. The molecule has 0 aliphatic carbocycles. The average Bonchev–Trinajstić information content (AvgIpc) is 3.04. The summed E-state index contributed by atoms with van der Waals surface area (Å²) in [5.74, 6) is 0. The first kappa shape index (κ1) is 13.5. The summed E-state index contributed by atoms with van der Waals surface area (Å²) in [5, 5.41) is 8.71. The van der Waals surface area contributed by atoms with Gasteiger partial charge < -0.3 is 10.2 Å². The van der Waals surface area contributed by atoms with Crippen molar-refractivity contribution in [2.75, 3.05) is 18.0 Å². The Kier molecular flexibility index (Phi) is 5.16. The van der Waals surface area contributed by atoms with E-state index in [1.54, 1.807) is 22.7 Å². The van der Waals surface area contributed by atoms with Crippen molar-refractivity contribution in [1.82, 2.24) is 10.3 Å². The van der Waals surface area contributed by atoms with E-state index >= 15 is 0 Å². The summed E-state index contributed by atoms with van der Waals surface area (Å²) >= 11 is 3.54. The Labute approximate surface area is 116 Å². The van der Waals surface area contributed by atoms with E-state index in [0.29, 0.717) is 0 Å². The van der Waals surface area contributed by atoms with Crippen molar-refractivity contribution in [3.8, 4) is 0 Å². The number of rotatable bonds is 7. The Morgan fingerprint density at radius 2 is 2.22 bits per heavy atom. The Bertz CT molecular complexity index is 451. The molecule has 18 heavy (non-hydrogen) atoms. The molecule has 0 saturated carbocycles. The zero-order valence-corrected chi connectivity index (χ0v) is 12.5. The summed E-state index contributed by atoms with van der Waals surface area (Å²) in [6.45, 7) is 8.10. The van der Waals surface area contributed by atoms with E-state index < -0.39 is 0 Å². The number of hydrogen-bond acceptors (Lipinski definition) is 5. The molecule has 0 aliphatic rings. The van der Waals surface area contributed by atoms with Crippen LogP contribution in [-0.4, -0.2) is 18.1 Å². The fraction of sp³-hybridized carbons (Fsp3) is 0.462. The van der Waals surface area contributed by atoms with Crippen molar-refractivity contribution in [2.45, 2.75) is 26.9 Å². The van der Waals surface area contributed by atoms with Crippen LogP contribution >= 0.6 is 22.7 Å². The molecular formula is C13H19N3S2. The first-order valence-electron chi connectivity index (χ1n) is 6.26. The maximum absolute atomic E-state index is 4.69. The minimum atomic E-state index is 0.865. The summed E-state index contributed by atoms with van der Waals surface area (Å²) in [4.78, 5) is 8.40. The van der Waals surface area contributed by atoms with Gasteiger partial charge in [0.2, 0.25) is 0 Å². The zero-order chi connectivity index (χ0) is 12.8. The van der Waals surface area contributed by atoms with Gasteiger partial charge in [0.15, 0.2) is 5.13 Å². The predicted molar refractivity (Wildman–Crippen MR) is 80.5 cm³/mol. The van der Waals surface area contributed by atoms with Crippen molar-refractivity contribution < 1.29 is 0 Å². The summed E-state index contributed by atoms with van der Waals surface area (Å²) < 4.78 is 0. The van der Waals surface area contributed by atoms with Crippen LogP contribution in [0, 0.1) is 0 Å². The molecule has 0 atom stereocenters. The molecular weight excluding hydrogens is 262 g/mol. The minimum absolute atomic E-state index is 0.865. The lowest BCUT2D eigenvalue weighted by molar-refractivity contribution is 0.712. The number of anilines is 1. The number of nitrogens with zero attached hydrogens (tertiary/aromatic N) is 2. The van der Waals surface area contributed by atoms with Crippen LogP contribution in [0.25, 0.3) is 0 Å². The third-order valence-electron chi connectivity index (χ3n) is 2.67. The fourth-order valence-electron chi connectivity index (χ4n) is 1.68. The van der Waals surface area contributed by atoms with Crippen LogP contribution in [0.1, 0.15) is 24.4 Å². The van der Waals surface area contributed by atoms with Crippen LogP contribution < -0.4 is 10.2 Å². The SMILES string of the molecule is CCNCc1csc(N(CC)Cc2cccs2)n1. The van der Waals surface area contributed by atoms with E-state index in [-0.39, 0.29) is 0 Å². The molecule has 0 saturated heterocycles. The molecule has 0 aromatic carbocycles. The molecule has 0 aliphatic heterocycles. The van der Waals surface area contributed by atoms with Crippen molar-refractivity contribution in [3.63, 3.8) is 0 Å². The molecule has 2 aromatic rings. The number of thiophene rings is 1. The van der Waals surface area contributed by atoms with Crippen molar-refractivity contribution >= 4 is 27.8 Å². The topological polar surface area (TPSA) is 28.2 Å². The highest BCUT2D eigenvalue weighted by Crippen LogP contribution is 2.23. The zero-order valence-electron chi connectivity index (χ0n) is 10.8. The van der Waals surface area contributed by atoms with Gasteiger partial charge in [0, 0.05) is 23.3 Å². The maximum Gasteiger partial charge on any atom is 0.185 e. The molecule has 2 rings (SSSR count). The molecule has 0 amide bonds. The lowest BCUT2D eigenvalue weighted by Gasteiger charge is -2.18. The molecule has 2 heterocycles. The second-order valence-corrected chi connectivity index (χ2v) is 5.86. The monoisotopic (exact) mass is 281 g/mol. The highest BCUT2D eigenvalue weighted by molar-refractivity contribution is 7.13. The maximum atomic E-state index is 4.69. The Hall–Kier alpha value is -0.910. The average molecular weight is 281 g/mol. The largest absolute Gasteiger partial charge is 0.343 e. The van der Waals surface area contributed by atoms with Crippen LogP contribution in [0.5, 0.6) is 0 Å². The summed E-state index contributed by atoms with van der Waals surface area (Å²) in [5.41, 5.74) is 1.14. The summed E-state index contributed by atoms with van der Waals surface area (Å²) in [7, 11) is 0. The van der Waals surface area contributed by atoms with Crippen molar-refractivity contribution in [2.24, 2.45) is 0 Å². The van der Waals surface area contributed by atoms with Crippen LogP contribution in [0.4, 0.5) is 5.13 Å². The third-order valence-corrected chi connectivity index (χ3v) is 4.49. The molecule has 0 unspecified atom stereocenters. The van der Waals surface area contributed by atoms with Crippen LogP contribution in [0.3, 0.4) is 0 Å².